The van der Waals surface area contributed by atoms with Crippen molar-refractivity contribution in [3.63, 3.8) is 0 Å². The number of rotatable bonds is 6. The number of benzene rings is 2. The van der Waals surface area contributed by atoms with Gasteiger partial charge in [0.05, 0.1) is 6.61 Å². The van der Waals surface area contributed by atoms with Crippen molar-refractivity contribution in [2.24, 2.45) is 5.92 Å². The van der Waals surface area contributed by atoms with Gasteiger partial charge in [-0.25, -0.2) is 0 Å². The summed E-state index contributed by atoms with van der Waals surface area (Å²) in [5, 5.41) is 3.83. The van der Waals surface area contributed by atoms with Gasteiger partial charge in [0.25, 0.3) is 5.56 Å². The molecule has 1 saturated carbocycles. The molecule has 0 spiro atoms. The lowest BCUT2D eigenvalue weighted by Crippen LogP contribution is -2.41. The van der Waals surface area contributed by atoms with E-state index in [9.17, 15) is 4.79 Å². The van der Waals surface area contributed by atoms with Gasteiger partial charge in [0, 0.05) is 68.2 Å². The molecule has 0 radical (unpaired) electrons. The highest BCUT2D eigenvalue weighted by atomic mass is 16.5. The van der Waals surface area contributed by atoms with Crippen molar-refractivity contribution in [2.75, 3.05) is 49.5 Å². The number of hydrogen-bond donors (Lipinski definition) is 2. The summed E-state index contributed by atoms with van der Waals surface area (Å²) in [6.45, 7) is 5.58. The van der Waals surface area contributed by atoms with E-state index in [1.807, 2.05) is 12.1 Å². The number of piperidine rings is 1. The van der Waals surface area contributed by atoms with Gasteiger partial charge < -0.3 is 29.6 Å². The van der Waals surface area contributed by atoms with E-state index in [2.05, 4.69) is 56.5 Å². The molecular formula is C34H42N4O3. The van der Waals surface area contributed by atoms with Crippen LogP contribution in [0.25, 0.3) is 0 Å². The number of aromatic amines is 1. The Hall–Kier alpha value is -3.29. The second kappa shape index (κ2) is 11.9. The van der Waals surface area contributed by atoms with Crippen molar-refractivity contribution in [3.8, 4) is 11.5 Å². The first-order valence-corrected chi connectivity index (χ1v) is 15.7. The molecule has 4 aliphatic rings. The van der Waals surface area contributed by atoms with Crippen LogP contribution in [-0.2, 0) is 11.2 Å². The number of anilines is 2. The summed E-state index contributed by atoms with van der Waals surface area (Å²) in [5.41, 5.74) is 5.26. The maximum absolute atomic E-state index is 12.4. The van der Waals surface area contributed by atoms with Gasteiger partial charge in [0.2, 0.25) is 0 Å². The highest BCUT2D eigenvalue weighted by Gasteiger charge is 2.30. The average molecular weight is 555 g/mol. The van der Waals surface area contributed by atoms with E-state index in [4.69, 9.17) is 9.47 Å². The number of nitrogens with zero attached hydrogens (tertiary/aromatic N) is 2. The third kappa shape index (κ3) is 5.88. The number of ether oxygens (including phenoxy) is 2. The molecule has 1 aliphatic carbocycles. The highest BCUT2D eigenvalue weighted by Crippen LogP contribution is 2.43. The van der Waals surface area contributed by atoms with E-state index < -0.39 is 0 Å². The Morgan fingerprint density at radius 3 is 2.66 bits per heavy atom. The Kier molecular flexibility index (Phi) is 7.72. The first-order valence-electron chi connectivity index (χ1n) is 15.7. The van der Waals surface area contributed by atoms with E-state index in [1.165, 1.54) is 81.4 Å². The number of hydrogen-bond acceptors (Lipinski definition) is 6. The lowest BCUT2D eigenvalue weighted by atomic mass is 9.88. The largest absolute Gasteiger partial charge is 0.456 e. The zero-order valence-electron chi connectivity index (χ0n) is 23.9. The molecule has 2 aromatic carbocycles. The topological polar surface area (TPSA) is 69.8 Å². The molecule has 4 heterocycles. The van der Waals surface area contributed by atoms with Gasteiger partial charge in [-0.15, -0.1) is 0 Å². The second-order valence-corrected chi connectivity index (χ2v) is 12.4. The molecule has 41 heavy (non-hydrogen) atoms. The van der Waals surface area contributed by atoms with Crippen molar-refractivity contribution < 1.29 is 9.47 Å². The van der Waals surface area contributed by atoms with Gasteiger partial charge >= 0.3 is 0 Å². The predicted molar refractivity (Wildman–Crippen MR) is 163 cm³/mol. The van der Waals surface area contributed by atoms with Crippen LogP contribution in [0.2, 0.25) is 0 Å². The zero-order chi connectivity index (χ0) is 27.6. The number of fused-ring (bicyclic) bond motifs is 2. The molecule has 1 aromatic heterocycles. The van der Waals surface area contributed by atoms with Gasteiger partial charge in [-0.3, -0.25) is 4.79 Å². The van der Waals surface area contributed by atoms with Crippen LogP contribution in [-0.4, -0.2) is 55.3 Å². The monoisotopic (exact) mass is 554 g/mol. The van der Waals surface area contributed by atoms with E-state index in [0.29, 0.717) is 31.4 Å². The second-order valence-electron chi connectivity index (χ2n) is 12.4. The summed E-state index contributed by atoms with van der Waals surface area (Å²) in [7, 11) is 0. The minimum Gasteiger partial charge on any atom is -0.456 e. The minimum atomic E-state index is -0.162. The van der Waals surface area contributed by atoms with Gasteiger partial charge in [-0.05, 0) is 67.5 Å². The molecule has 1 unspecified atom stereocenters. The van der Waals surface area contributed by atoms with Crippen LogP contribution in [0.4, 0.5) is 11.4 Å². The van der Waals surface area contributed by atoms with Crippen molar-refractivity contribution in [1.29, 1.82) is 0 Å². The van der Waals surface area contributed by atoms with Crippen molar-refractivity contribution in [1.82, 2.24) is 9.88 Å². The normalized spacial score (nSPS) is 22.0. The highest BCUT2D eigenvalue weighted by molar-refractivity contribution is 5.59. The number of H-pyrrole nitrogens is 1. The number of pyridine rings is 1. The molecule has 0 amide bonds. The number of aromatic nitrogens is 1. The molecule has 7 nitrogen and oxygen atoms in total. The lowest BCUT2D eigenvalue weighted by molar-refractivity contribution is 0.0383. The van der Waals surface area contributed by atoms with Crippen LogP contribution < -0.4 is 20.5 Å². The average Bonchev–Trinajstić information content (AvgIpc) is 3.01. The standard InChI is InChI=1S/C34H42N4O3/c39-34-30(10-5-15-35-34)38-18-19-40-32(23-38)29-9-4-8-25-20-26-21-28(11-12-31(26)41-33(25)29)36-27-13-16-37(17-14-27)22-24-6-2-1-3-7-24/h4-5,8-12,15,21,24,27,32,36H,1-3,6-7,13-14,16-20,22-23H2,(H,35,39). The van der Waals surface area contributed by atoms with Gasteiger partial charge in [-0.1, -0.05) is 37.5 Å². The Morgan fingerprint density at radius 2 is 1.80 bits per heavy atom. The van der Waals surface area contributed by atoms with Gasteiger partial charge in [-0.2, -0.15) is 0 Å². The molecule has 3 aliphatic heterocycles. The number of morpholine rings is 1. The fourth-order valence-corrected chi connectivity index (χ4v) is 7.29. The fourth-order valence-electron chi connectivity index (χ4n) is 7.29. The van der Waals surface area contributed by atoms with Gasteiger partial charge in [0.15, 0.2) is 0 Å². The van der Waals surface area contributed by atoms with E-state index >= 15 is 0 Å². The molecule has 7 heteroatoms. The molecule has 0 bridgehead atoms. The summed E-state index contributed by atoms with van der Waals surface area (Å²) in [6.07, 6.45) is 11.9. The van der Waals surface area contributed by atoms with E-state index in [-0.39, 0.29) is 11.7 Å². The summed E-state index contributed by atoms with van der Waals surface area (Å²) in [5.74, 6) is 2.75. The Morgan fingerprint density at radius 1 is 0.927 bits per heavy atom. The smallest absolute Gasteiger partial charge is 0.271 e. The summed E-state index contributed by atoms with van der Waals surface area (Å²) in [4.78, 5) is 20.0. The maximum atomic E-state index is 12.4. The van der Waals surface area contributed by atoms with Crippen molar-refractivity contribution >= 4 is 11.4 Å². The SMILES string of the molecule is O=c1[nH]cccc1N1CCOC(c2cccc3c2Oc2ccc(NC4CCN(CC5CCCCC5)CC4)cc2C3)C1. The van der Waals surface area contributed by atoms with E-state index in [0.717, 1.165) is 29.4 Å². The third-order valence-electron chi connectivity index (χ3n) is 9.53. The van der Waals surface area contributed by atoms with Crippen molar-refractivity contribution in [2.45, 2.75) is 63.5 Å². The molecule has 7 rings (SSSR count). The molecular weight excluding hydrogens is 512 g/mol. The zero-order valence-corrected chi connectivity index (χ0v) is 23.9. The van der Waals surface area contributed by atoms with Gasteiger partial charge in [0.1, 0.15) is 23.3 Å². The van der Waals surface area contributed by atoms with Crippen LogP contribution in [0.1, 0.15) is 67.7 Å². The van der Waals surface area contributed by atoms with Crippen LogP contribution in [0, 0.1) is 5.92 Å². The lowest BCUT2D eigenvalue weighted by Gasteiger charge is -2.36. The first kappa shape index (κ1) is 26.6. The Bertz CT molecular complexity index is 1410. The van der Waals surface area contributed by atoms with Crippen LogP contribution in [0.3, 0.4) is 0 Å². The van der Waals surface area contributed by atoms with Crippen molar-refractivity contribution in [3.05, 3.63) is 81.8 Å². The van der Waals surface area contributed by atoms with Crippen LogP contribution >= 0.6 is 0 Å². The fraction of sp³-hybridized carbons (Fsp3) is 0.500. The predicted octanol–water partition coefficient (Wildman–Crippen LogP) is 6.11. The Balaban J connectivity index is 0.997. The molecule has 3 fully saturated rings. The molecule has 2 N–H and O–H groups in total. The third-order valence-corrected chi connectivity index (χ3v) is 9.53. The first-order chi connectivity index (χ1) is 20.2. The molecule has 2 saturated heterocycles. The molecule has 3 aromatic rings. The van der Waals surface area contributed by atoms with E-state index in [1.54, 1.807) is 6.20 Å². The van der Waals surface area contributed by atoms with Crippen LogP contribution in [0.5, 0.6) is 11.5 Å². The molecule has 216 valence electrons. The number of nitrogens with one attached hydrogen (secondary N) is 2. The number of likely N-dealkylation sites (tertiary alicyclic amines) is 1. The summed E-state index contributed by atoms with van der Waals surface area (Å²) < 4.78 is 12.8. The number of para-hydroxylation sites is 1. The Labute approximate surface area is 242 Å². The summed E-state index contributed by atoms with van der Waals surface area (Å²) in [6, 6.07) is 17.2. The van der Waals surface area contributed by atoms with Crippen LogP contribution in [0.15, 0.2) is 59.5 Å². The maximum Gasteiger partial charge on any atom is 0.271 e. The summed E-state index contributed by atoms with van der Waals surface area (Å²) >= 11 is 0. The quantitative estimate of drug-likeness (QED) is 0.300. The molecule has 1 atom stereocenters. The minimum absolute atomic E-state index is 0.0668.